The van der Waals surface area contributed by atoms with E-state index in [-0.39, 0.29) is 0 Å². The first kappa shape index (κ1) is 13.9. The van der Waals surface area contributed by atoms with Gasteiger partial charge in [0.25, 0.3) is 0 Å². The summed E-state index contributed by atoms with van der Waals surface area (Å²) in [6, 6.07) is 5.86. The highest BCUT2D eigenvalue weighted by atomic mass is 35.5. The summed E-state index contributed by atoms with van der Waals surface area (Å²) < 4.78 is 5.26. The van der Waals surface area contributed by atoms with Crippen LogP contribution in [-0.2, 0) is 0 Å². The molecule has 1 heterocycles. The summed E-state index contributed by atoms with van der Waals surface area (Å²) in [6.07, 6.45) is 2.08. The zero-order valence-electron chi connectivity index (χ0n) is 11.3. The number of hydrogen-bond donors (Lipinski definition) is 2. The normalized spacial score (nSPS) is 17.8. The Hall–Kier alpha value is -1.55. The summed E-state index contributed by atoms with van der Waals surface area (Å²) in [4.78, 5) is 2.29. The van der Waals surface area contributed by atoms with Crippen molar-refractivity contribution in [2.45, 2.75) is 6.92 Å². The number of methoxy groups -OCH3 is 1. The molecule has 0 aliphatic carbocycles. The summed E-state index contributed by atoms with van der Waals surface area (Å²) in [5.41, 5.74) is 6.85. The van der Waals surface area contributed by atoms with Crippen molar-refractivity contribution < 1.29 is 4.74 Å². The zero-order chi connectivity index (χ0) is 13.8. The van der Waals surface area contributed by atoms with Crippen molar-refractivity contribution in [3.05, 3.63) is 35.1 Å². The lowest BCUT2D eigenvalue weighted by molar-refractivity contribution is 0.415. The third-order valence-electron chi connectivity index (χ3n) is 3.32. The second-order valence-electron chi connectivity index (χ2n) is 4.62. The highest BCUT2D eigenvalue weighted by Crippen LogP contribution is 2.29. The minimum Gasteiger partial charge on any atom is -0.495 e. The number of nitrogens with one attached hydrogen (secondary N) is 1. The zero-order valence-corrected chi connectivity index (χ0v) is 12.1. The standard InChI is InChI=1S/C14H20ClN3O/c1-3-18(9-10-6-14(16)17-8-10)11-4-5-12(15)13(7-11)19-2/h4-7,10,17H,3,8-9,16H2,1-2H3/t10-/m1/s1. The maximum atomic E-state index is 6.05. The molecule has 0 saturated heterocycles. The van der Waals surface area contributed by atoms with Gasteiger partial charge in [-0.1, -0.05) is 11.6 Å². The van der Waals surface area contributed by atoms with Crippen LogP contribution in [0.2, 0.25) is 5.02 Å². The molecule has 19 heavy (non-hydrogen) atoms. The van der Waals surface area contributed by atoms with Crippen LogP contribution < -0.4 is 20.7 Å². The molecule has 0 amide bonds. The van der Waals surface area contributed by atoms with Crippen LogP contribution in [0.1, 0.15) is 6.92 Å². The van der Waals surface area contributed by atoms with Gasteiger partial charge in [0.2, 0.25) is 0 Å². The highest BCUT2D eigenvalue weighted by Gasteiger charge is 2.17. The molecule has 104 valence electrons. The van der Waals surface area contributed by atoms with Crippen molar-refractivity contribution in [2.24, 2.45) is 11.7 Å². The summed E-state index contributed by atoms with van der Waals surface area (Å²) in [5.74, 6) is 1.91. The van der Waals surface area contributed by atoms with E-state index in [1.54, 1.807) is 7.11 Å². The van der Waals surface area contributed by atoms with Crippen molar-refractivity contribution in [2.75, 3.05) is 31.6 Å². The number of rotatable bonds is 5. The second kappa shape index (κ2) is 6.06. The number of nitrogens with zero attached hydrogens (tertiary/aromatic N) is 1. The van der Waals surface area contributed by atoms with Gasteiger partial charge in [-0.2, -0.15) is 0 Å². The van der Waals surface area contributed by atoms with Crippen molar-refractivity contribution in [1.82, 2.24) is 5.32 Å². The first-order valence-electron chi connectivity index (χ1n) is 6.43. The summed E-state index contributed by atoms with van der Waals surface area (Å²) >= 11 is 6.05. The summed E-state index contributed by atoms with van der Waals surface area (Å²) in [5, 5.41) is 3.78. The van der Waals surface area contributed by atoms with Gasteiger partial charge in [-0.05, 0) is 25.1 Å². The van der Waals surface area contributed by atoms with Crippen molar-refractivity contribution in [3.8, 4) is 5.75 Å². The van der Waals surface area contributed by atoms with Gasteiger partial charge in [-0.25, -0.2) is 0 Å². The number of halogens is 1. The molecule has 0 saturated carbocycles. The number of ether oxygens (including phenoxy) is 1. The smallest absolute Gasteiger partial charge is 0.139 e. The number of anilines is 1. The maximum absolute atomic E-state index is 6.05. The number of nitrogens with two attached hydrogens (primary N) is 1. The van der Waals surface area contributed by atoms with E-state index < -0.39 is 0 Å². The van der Waals surface area contributed by atoms with Crippen LogP contribution in [0.5, 0.6) is 5.75 Å². The average Bonchev–Trinajstić information content (AvgIpc) is 2.82. The Labute approximate surface area is 119 Å². The van der Waals surface area contributed by atoms with E-state index in [0.29, 0.717) is 16.7 Å². The van der Waals surface area contributed by atoms with E-state index in [4.69, 9.17) is 22.1 Å². The van der Waals surface area contributed by atoms with Gasteiger partial charge in [0, 0.05) is 37.3 Å². The van der Waals surface area contributed by atoms with E-state index in [9.17, 15) is 0 Å². The van der Waals surface area contributed by atoms with E-state index >= 15 is 0 Å². The molecule has 1 atom stereocenters. The molecule has 1 aromatic rings. The number of benzene rings is 1. The molecular weight excluding hydrogens is 262 g/mol. The van der Waals surface area contributed by atoms with E-state index in [0.717, 1.165) is 31.1 Å². The van der Waals surface area contributed by atoms with Gasteiger partial charge >= 0.3 is 0 Å². The monoisotopic (exact) mass is 281 g/mol. The van der Waals surface area contributed by atoms with Crippen LogP contribution in [0.4, 0.5) is 5.69 Å². The van der Waals surface area contributed by atoms with Gasteiger partial charge in [0.15, 0.2) is 0 Å². The van der Waals surface area contributed by atoms with Gasteiger partial charge in [0.05, 0.1) is 18.0 Å². The summed E-state index contributed by atoms with van der Waals surface area (Å²) in [7, 11) is 1.63. The van der Waals surface area contributed by atoms with Gasteiger partial charge in [-0.3, -0.25) is 0 Å². The largest absolute Gasteiger partial charge is 0.495 e. The van der Waals surface area contributed by atoms with E-state index in [2.05, 4.69) is 23.2 Å². The Kier molecular flexibility index (Phi) is 4.43. The molecule has 0 bridgehead atoms. The SMILES string of the molecule is CCN(C[C@@H]1C=C(N)NC1)c1ccc(Cl)c(OC)c1. The van der Waals surface area contributed by atoms with Crippen molar-refractivity contribution in [3.63, 3.8) is 0 Å². The molecule has 0 fully saturated rings. The molecule has 1 aliphatic rings. The van der Waals surface area contributed by atoms with E-state index in [1.165, 1.54) is 0 Å². The molecule has 3 N–H and O–H groups in total. The highest BCUT2D eigenvalue weighted by molar-refractivity contribution is 6.32. The molecule has 4 nitrogen and oxygen atoms in total. The average molecular weight is 282 g/mol. The van der Waals surface area contributed by atoms with Crippen LogP contribution in [0.15, 0.2) is 30.1 Å². The topological polar surface area (TPSA) is 50.5 Å². The molecular formula is C14H20ClN3O. The molecule has 2 rings (SSSR count). The van der Waals surface area contributed by atoms with Gasteiger partial charge in [-0.15, -0.1) is 0 Å². The lowest BCUT2D eigenvalue weighted by Crippen LogP contribution is -2.30. The lowest BCUT2D eigenvalue weighted by atomic mass is 10.1. The Morgan fingerprint density at radius 3 is 2.89 bits per heavy atom. The Balaban J connectivity index is 2.13. The third kappa shape index (κ3) is 3.26. The van der Waals surface area contributed by atoms with Crippen molar-refractivity contribution in [1.29, 1.82) is 0 Å². The van der Waals surface area contributed by atoms with Gasteiger partial charge < -0.3 is 20.7 Å². The molecule has 0 unspecified atom stereocenters. The predicted octanol–water partition coefficient (Wildman–Crippen LogP) is 2.19. The maximum Gasteiger partial charge on any atom is 0.139 e. The second-order valence-corrected chi connectivity index (χ2v) is 5.03. The summed E-state index contributed by atoms with van der Waals surface area (Å²) in [6.45, 7) is 4.88. The fourth-order valence-electron chi connectivity index (χ4n) is 2.28. The molecule has 5 heteroatoms. The van der Waals surface area contributed by atoms with Crippen molar-refractivity contribution >= 4 is 17.3 Å². The Morgan fingerprint density at radius 1 is 1.53 bits per heavy atom. The minimum atomic E-state index is 0.432. The fraction of sp³-hybridized carbons (Fsp3) is 0.429. The molecule has 0 aromatic heterocycles. The number of hydrogen-bond acceptors (Lipinski definition) is 4. The fourth-order valence-corrected chi connectivity index (χ4v) is 2.48. The van der Waals surface area contributed by atoms with Crippen LogP contribution >= 0.6 is 11.6 Å². The molecule has 1 aromatic carbocycles. The Bertz CT molecular complexity index is 476. The van der Waals surface area contributed by atoms with Crippen LogP contribution in [0.25, 0.3) is 0 Å². The molecule has 0 radical (unpaired) electrons. The lowest BCUT2D eigenvalue weighted by Gasteiger charge is -2.26. The first-order valence-corrected chi connectivity index (χ1v) is 6.81. The first-order chi connectivity index (χ1) is 9.13. The van der Waals surface area contributed by atoms with Crippen LogP contribution in [-0.4, -0.2) is 26.7 Å². The quantitative estimate of drug-likeness (QED) is 0.869. The third-order valence-corrected chi connectivity index (χ3v) is 3.63. The van der Waals surface area contributed by atoms with E-state index in [1.807, 2.05) is 18.2 Å². The van der Waals surface area contributed by atoms with Gasteiger partial charge in [0.1, 0.15) is 5.75 Å². The molecule has 1 aliphatic heterocycles. The Morgan fingerprint density at radius 2 is 2.32 bits per heavy atom. The van der Waals surface area contributed by atoms with Crippen LogP contribution in [0.3, 0.4) is 0 Å². The van der Waals surface area contributed by atoms with Crippen LogP contribution in [0, 0.1) is 5.92 Å². The minimum absolute atomic E-state index is 0.432. The predicted molar refractivity (Wildman–Crippen MR) is 79.7 cm³/mol. The molecule has 0 spiro atoms.